The van der Waals surface area contributed by atoms with Gasteiger partial charge in [0, 0.05) is 24.7 Å². The van der Waals surface area contributed by atoms with Crippen molar-refractivity contribution >= 4 is 28.8 Å². The van der Waals surface area contributed by atoms with Crippen molar-refractivity contribution in [2.24, 2.45) is 5.10 Å². The largest absolute Gasteiger partial charge is 0.440 e. The monoisotopic (exact) mass is 333 g/mol. The number of nitrogens with zero attached hydrogens (tertiary/aromatic N) is 2. The Balaban J connectivity index is 1.41. The van der Waals surface area contributed by atoms with Crippen LogP contribution in [0.5, 0.6) is 0 Å². The van der Waals surface area contributed by atoms with Gasteiger partial charge in [0.05, 0.1) is 6.21 Å². The first-order valence-corrected chi connectivity index (χ1v) is 8.46. The number of rotatable bonds is 4. The number of carbonyl (C=O) groups is 1. The molecule has 126 valence electrons. The second-order valence-electron chi connectivity index (χ2n) is 6.13. The van der Waals surface area contributed by atoms with Crippen molar-refractivity contribution < 1.29 is 9.21 Å². The van der Waals surface area contributed by atoms with Crippen molar-refractivity contribution in [3.63, 3.8) is 0 Å². The molecule has 0 saturated carbocycles. The summed E-state index contributed by atoms with van der Waals surface area (Å²) in [5, 5.41) is 6.13. The van der Waals surface area contributed by atoms with Crippen molar-refractivity contribution in [3.05, 3.63) is 65.9 Å². The fraction of sp³-hybridized carbons (Fsp3) is 0.200. The Morgan fingerprint density at radius 1 is 1.04 bits per heavy atom. The van der Waals surface area contributed by atoms with E-state index in [9.17, 15) is 4.79 Å². The zero-order chi connectivity index (χ0) is 17.1. The highest BCUT2D eigenvalue weighted by molar-refractivity contribution is 5.98. The minimum atomic E-state index is -0.242. The zero-order valence-corrected chi connectivity index (χ0v) is 13.8. The van der Waals surface area contributed by atoms with Crippen LogP contribution in [0, 0.1) is 0 Å². The standard InChI is InChI=1S/C20H19N3O2/c24-20(17-8-7-15-5-1-2-6-16(15)13-17)22-21-14-18-9-10-19(25-18)23-11-3-4-12-23/h1-2,5-10,13-14H,3-4,11-12H2,(H,22,24)/b21-14-. The van der Waals surface area contributed by atoms with E-state index in [2.05, 4.69) is 15.4 Å². The van der Waals surface area contributed by atoms with Crippen molar-refractivity contribution in [2.75, 3.05) is 18.0 Å². The molecule has 1 N–H and O–H groups in total. The van der Waals surface area contributed by atoms with E-state index in [1.807, 2.05) is 48.5 Å². The van der Waals surface area contributed by atoms with Crippen LogP contribution in [-0.2, 0) is 0 Å². The molecule has 0 atom stereocenters. The summed E-state index contributed by atoms with van der Waals surface area (Å²) in [7, 11) is 0. The predicted molar refractivity (Wildman–Crippen MR) is 99.2 cm³/mol. The first-order chi connectivity index (χ1) is 12.3. The lowest BCUT2D eigenvalue weighted by molar-refractivity contribution is 0.0955. The van der Waals surface area contributed by atoms with Gasteiger partial charge in [0.2, 0.25) is 0 Å². The summed E-state index contributed by atoms with van der Waals surface area (Å²) >= 11 is 0. The maximum atomic E-state index is 12.2. The number of hydrogen-bond acceptors (Lipinski definition) is 4. The molecule has 25 heavy (non-hydrogen) atoms. The van der Waals surface area contributed by atoms with E-state index < -0.39 is 0 Å². The van der Waals surface area contributed by atoms with Crippen LogP contribution in [0.1, 0.15) is 29.0 Å². The van der Waals surface area contributed by atoms with Crippen molar-refractivity contribution in [2.45, 2.75) is 12.8 Å². The highest BCUT2D eigenvalue weighted by Crippen LogP contribution is 2.22. The average Bonchev–Trinajstić information content (AvgIpc) is 3.32. The van der Waals surface area contributed by atoms with Gasteiger partial charge in [-0.3, -0.25) is 4.79 Å². The Labute approximate surface area is 145 Å². The summed E-state index contributed by atoms with van der Waals surface area (Å²) in [6.07, 6.45) is 3.93. The third-order valence-corrected chi connectivity index (χ3v) is 4.40. The molecule has 0 aliphatic carbocycles. The number of hydrazone groups is 1. The molecule has 0 radical (unpaired) electrons. The molecule has 3 aromatic rings. The van der Waals surface area contributed by atoms with Crippen LogP contribution in [-0.4, -0.2) is 25.2 Å². The molecule has 0 unspecified atom stereocenters. The van der Waals surface area contributed by atoms with Gasteiger partial charge in [0.15, 0.2) is 5.88 Å². The molecular formula is C20H19N3O2. The average molecular weight is 333 g/mol. The van der Waals surface area contributed by atoms with Crippen LogP contribution in [0.25, 0.3) is 10.8 Å². The lowest BCUT2D eigenvalue weighted by atomic mass is 10.1. The van der Waals surface area contributed by atoms with E-state index in [1.165, 1.54) is 19.1 Å². The first kappa shape index (κ1) is 15.4. The quantitative estimate of drug-likeness (QED) is 0.584. The molecule has 1 saturated heterocycles. The van der Waals surface area contributed by atoms with Crippen LogP contribution < -0.4 is 10.3 Å². The molecule has 1 fully saturated rings. The molecule has 5 heteroatoms. The van der Waals surface area contributed by atoms with Gasteiger partial charge in [-0.1, -0.05) is 30.3 Å². The SMILES string of the molecule is O=C(N/N=C\c1ccc(N2CCCC2)o1)c1ccc2ccccc2c1. The third kappa shape index (κ3) is 3.40. The van der Waals surface area contributed by atoms with Gasteiger partial charge in [-0.15, -0.1) is 0 Å². The van der Waals surface area contributed by atoms with Gasteiger partial charge < -0.3 is 9.32 Å². The first-order valence-electron chi connectivity index (χ1n) is 8.46. The smallest absolute Gasteiger partial charge is 0.271 e. The molecular weight excluding hydrogens is 314 g/mol. The van der Waals surface area contributed by atoms with Gasteiger partial charge in [0.1, 0.15) is 5.76 Å². The number of fused-ring (bicyclic) bond motifs is 1. The number of anilines is 1. The number of furan rings is 1. The fourth-order valence-corrected chi connectivity index (χ4v) is 3.07. The van der Waals surface area contributed by atoms with Crippen LogP contribution in [0.3, 0.4) is 0 Å². The minimum absolute atomic E-state index is 0.242. The molecule has 0 bridgehead atoms. The van der Waals surface area contributed by atoms with Gasteiger partial charge in [-0.25, -0.2) is 5.43 Å². The Bertz CT molecular complexity index is 923. The van der Waals surface area contributed by atoms with E-state index in [4.69, 9.17) is 4.42 Å². The topological polar surface area (TPSA) is 57.8 Å². The summed E-state index contributed by atoms with van der Waals surface area (Å²) in [6.45, 7) is 2.06. The Hall–Kier alpha value is -3.08. The van der Waals surface area contributed by atoms with Crippen molar-refractivity contribution in [1.29, 1.82) is 0 Å². The Morgan fingerprint density at radius 2 is 1.84 bits per heavy atom. The van der Waals surface area contributed by atoms with Gasteiger partial charge in [-0.2, -0.15) is 5.10 Å². The molecule has 2 heterocycles. The van der Waals surface area contributed by atoms with Crippen molar-refractivity contribution in [1.82, 2.24) is 5.43 Å². The molecule has 1 aromatic heterocycles. The Morgan fingerprint density at radius 3 is 2.68 bits per heavy atom. The maximum absolute atomic E-state index is 12.2. The number of benzene rings is 2. The van der Waals surface area contributed by atoms with Gasteiger partial charge in [0.25, 0.3) is 5.91 Å². The van der Waals surface area contributed by atoms with Crippen molar-refractivity contribution in [3.8, 4) is 0 Å². The molecule has 1 aliphatic heterocycles. The number of carbonyl (C=O) groups excluding carboxylic acids is 1. The van der Waals surface area contributed by atoms with Crippen LogP contribution in [0.4, 0.5) is 5.88 Å². The Kier molecular flexibility index (Phi) is 4.21. The summed E-state index contributed by atoms with van der Waals surface area (Å²) in [4.78, 5) is 14.4. The van der Waals surface area contributed by atoms with Gasteiger partial charge in [-0.05, 0) is 41.8 Å². The lowest BCUT2D eigenvalue weighted by Crippen LogP contribution is -2.17. The summed E-state index contributed by atoms with van der Waals surface area (Å²) < 4.78 is 5.74. The third-order valence-electron chi connectivity index (χ3n) is 4.40. The molecule has 2 aromatic carbocycles. The molecule has 5 nitrogen and oxygen atoms in total. The maximum Gasteiger partial charge on any atom is 0.271 e. The second-order valence-corrected chi connectivity index (χ2v) is 6.13. The van der Waals surface area contributed by atoms with E-state index in [1.54, 1.807) is 6.07 Å². The summed E-state index contributed by atoms with van der Waals surface area (Å²) in [5.41, 5.74) is 3.12. The van der Waals surface area contributed by atoms with Crippen LogP contribution >= 0.6 is 0 Å². The molecule has 1 amide bonds. The minimum Gasteiger partial charge on any atom is -0.440 e. The molecule has 0 spiro atoms. The number of nitrogens with one attached hydrogen (secondary N) is 1. The van der Waals surface area contributed by atoms with Gasteiger partial charge >= 0.3 is 0 Å². The zero-order valence-electron chi connectivity index (χ0n) is 13.8. The highest BCUT2D eigenvalue weighted by atomic mass is 16.4. The van der Waals surface area contributed by atoms with E-state index >= 15 is 0 Å². The van der Waals surface area contributed by atoms with Crippen LogP contribution in [0.2, 0.25) is 0 Å². The van der Waals surface area contributed by atoms with E-state index in [0.29, 0.717) is 11.3 Å². The predicted octanol–water partition coefficient (Wildman–Crippen LogP) is 3.80. The highest BCUT2D eigenvalue weighted by Gasteiger charge is 2.15. The molecule has 4 rings (SSSR count). The summed E-state index contributed by atoms with van der Waals surface area (Å²) in [5.74, 6) is 1.24. The second kappa shape index (κ2) is 6.81. The van der Waals surface area contributed by atoms with E-state index in [0.717, 1.165) is 29.7 Å². The van der Waals surface area contributed by atoms with E-state index in [-0.39, 0.29) is 5.91 Å². The molecule has 1 aliphatic rings. The number of hydrogen-bond donors (Lipinski definition) is 1. The lowest BCUT2D eigenvalue weighted by Gasteiger charge is -2.12. The normalized spacial score (nSPS) is 14.5. The number of amides is 1. The fourth-order valence-electron chi connectivity index (χ4n) is 3.07. The summed E-state index contributed by atoms with van der Waals surface area (Å²) in [6, 6.07) is 17.3. The van der Waals surface area contributed by atoms with Crippen LogP contribution in [0.15, 0.2) is 64.1 Å².